The van der Waals surface area contributed by atoms with Crippen LogP contribution in [0.1, 0.15) is 37.3 Å². The molecule has 0 aliphatic carbocycles. The first-order chi connectivity index (χ1) is 17.4. The van der Waals surface area contributed by atoms with Gasteiger partial charge in [-0.25, -0.2) is 4.98 Å². The number of nitrogens with zero attached hydrogens (tertiary/aromatic N) is 3. The van der Waals surface area contributed by atoms with E-state index >= 15 is 0 Å². The molecule has 1 fully saturated rings. The summed E-state index contributed by atoms with van der Waals surface area (Å²) in [5.41, 5.74) is 2.34. The van der Waals surface area contributed by atoms with E-state index in [-0.39, 0.29) is 23.9 Å². The fourth-order valence-corrected chi connectivity index (χ4v) is 6.16. The minimum absolute atomic E-state index is 0.185. The Hall–Kier alpha value is -2.50. The minimum atomic E-state index is -0.255. The van der Waals surface area contributed by atoms with E-state index in [0.717, 1.165) is 54.1 Å². The minimum Gasteiger partial charge on any atom is -0.383 e. The zero-order chi connectivity index (χ0) is 25.2. The van der Waals surface area contributed by atoms with E-state index < -0.39 is 0 Å². The fourth-order valence-electron chi connectivity index (χ4n) is 4.88. The maximum atomic E-state index is 13.2. The molecular formula is C25H31ClN6O3S. The molecule has 2 aliphatic rings. The third kappa shape index (κ3) is 5.57. The van der Waals surface area contributed by atoms with Crippen LogP contribution in [0.2, 0.25) is 5.02 Å². The summed E-state index contributed by atoms with van der Waals surface area (Å²) in [4.78, 5) is 39.8. The normalized spacial score (nSPS) is 20.9. The molecule has 192 valence electrons. The molecule has 9 nitrogen and oxygen atoms in total. The summed E-state index contributed by atoms with van der Waals surface area (Å²) in [7, 11) is 3.76. The summed E-state index contributed by atoms with van der Waals surface area (Å²) in [5, 5.41) is 8.31. The van der Waals surface area contributed by atoms with Crippen LogP contribution in [0, 0.1) is 0 Å². The number of ether oxygens (including phenoxy) is 1. The number of nitrogens with one attached hydrogen (secondary N) is 3. The van der Waals surface area contributed by atoms with Gasteiger partial charge in [-0.1, -0.05) is 11.6 Å². The summed E-state index contributed by atoms with van der Waals surface area (Å²) in [6, 6.07) is 6.81. The second-order valence-electron chi connectivity index (χ2n) is 9.53. The molecule has 0 spiro atoms. The van der Waals surface area contributed by atoms with Crippen LogP contribution in [-0.2, 0) is 17.7 Å². The second kappa shape index (κ2) is 10.9. The highest BCUT2D eigenvalue weighted by Crippen LogP contribution is 2.25. The van der Waals surface area contributed by atoms with Gasteiger partial charge in [0, 0.05) is 67.1 Å². The summed E-state index contributed by atoms with van der Waals surface area (Å²) in [5.74, 6) is -0.389. The highest BCUT2D eigenvalue weighted by Gasteiger charge is 2.33. The summed E-state index contributed by atoms with van der Waals surface area (Å²) in [6.07, 6.45) is 1.57. The molecule has 1 saturated heterocycles. The van der Waals surface area contributed by atoms with E-state index in [0.29, 0.717) is 35.3 Å². The standard InChI is InChI=1S/C25H31ClN6O3S/c1-31-7-5-19-22(14-31)36-25(30-19)24(34)29-21-13-32(9-10-35-2)8-6-18(21)28-23(33)20-12-15-11-16(26)3-4-17(15)27-20/h3-4,11-12,18,21,27H,5-10,13-14H2,1-2H3,(H,28,33)(H,29,34). The van der Waals surface area contributed by atoms with Gasteiger partial charge in [0.2, 0.25) is 0 Å². The molecular weight excluding hydrogens is 500 g/mol. The number of H-pyrrole nitrogens is 1. The number of likely N-dealkylation sites (tertiary alicyclic amines) is 1. The lowest BCUT2D eigenvalue weighted by Crippen LogP contribution is -2.60. The van der Waals surface area contributed by atoms with Crippen molar-refractivity contribution in [1.29, 1.82) is 0 Å². The van der Waals surface area contributed by atoms with Crippen molar-refractivity contribution in [2.24, 2.45) is 0 Å². The Bertz CT molecular complexity index is 1260. The van der Waals surface area contributed by atoms with Crippen molar-refractivity contribution in [3.8, 4) is 0 Å². The first-order valence-electron chi connectivity index (χ1n) is 12.2. The number of rotatable bonds is 7. The molecule has 11 heteroatoms. The molecule has 0 saturated carbocycles. The van der Waals surface area contributed by atoms with E-state index in [4.69, 9.17) is 16.3 Å². The monoisotopic (exact) mass is 530 g/mol. The Morgan fingerprint density at radius 1 is 1.22 bits per heavy atom. The molecule has 0 radical (unpaired) electrons. The second-order valence-corrected chi connectivity index (χ2v) is 11.1. The third-order valence-electron chi connectivity index (χ3n) is 6.89. The highest BCUT2D eigenvalue weighted by atomic mass is 35.5. The topological polar surface area (TPSA) is 103 Å². The molecule has 36 heavy (non-hydrogen) atoms. The summed E-state index contributed by atoms with van der Waals surface area (Å²) < 4.78 is 5.25. The molecule has 0 bridgehead atoms. The Kier molecular flexibility index (Phi) is 7.59. The number of thiazole rings is 1. The fraction of sp³-hybridized carbons (Fsp3) is 0.480. The van der Waals surface area contributed by atoms with Gasteiger partial charge in [0.1, 0.15) is 5.69 Å². The van der Waals surface area contributed by atoms with Gasteiger partial charge >= 0.3 is 0 Å². The number of aromatic nitrogens is 2. The number of methoxy groups -OCH3 is 1. The van der Waals surface area contributed by atoms with E-state index in [1.807, 2.05) is 12.1 Å². The van der Waals surface area contributed by atoms with Gasteiger partial charge in [0.25, 0.3) is 11.8 Å². The highest BCUT2D eigenvalue weighted by molar-refractivity contribution is 7.13. The van der Waals surface area contributed by atoms with Crippen molar-refractivity contribution in [2.75, 3.05) is 46.9 Å². The Labute approximate surface area is 219 Å². The third-order valence-corrected chi connectivity index (χ3v) is 8.20. The molecule has 1 aromatic carbocycles. The average molecular weight is 531 g/mol. The number of carbonyl (C=O) groups is 2. The number of benzene rings is 1. The van der Waals surface area contributed by atoms with Crippen molar-refractivity contribution in [3.63, 3.8) is 0 Å². The van der Waals surface area contributed by atoms with Crippen LogP contribution in [0.3, 0.4) is 0 Å². The average Bonchev–Trinajstić information content (AvgIpc) is 3.47. The number of fused-ring (bicyclic) bond motifs is 2. The number of piperidine rings is 1. The lowest BCUT2D eigenvalue weighted by Gasteiger charge is -2.39. The quantitative estimate of drug-likeness (QED) is 0.434. The number of carbonyl (C=O) groups excluding carboxylic acids is 2. The molecule has 2 amide bonds. The summed E-state index contributed by atoms with van der Waals surface area (Å²) >= 11 is 7.56. The van der Waals surface area contributed by atoms with Crippen LogP contribution in [0.15, 0.2) is 24.3 Å². The maximum Gasteiger partial charge on any atom is 0.280 e. The first-order valence-corrected chi connectivity index (χ1v) is 13.4. The zero-order valence-electron chi connectivity index (χ0n) is 20.5. The molecule has 3 aromatic rings. The van der Waals surface area contributed by atoms with Crippen molar-refractivity contribution in [2.45, 2.75) is 31.5 Å². The predicted molar refractivity (Wildman–Crippen MR) is 141 cm³/mol. The number of hydrogen-bond donors (Lipinski definition) is 3. The van der Waals surface area contributed by atoms with Gasteiger partial charge in [0.15, 0.2) is 5.01 Å². The molecule has 2 unspecified atom stereocenters. The molecule has 2 atom stereocenters. The van der Waals surface area contributed by atoms with Gasteiger partial charge in [-0.05, 0) is 37.7 Å². The number of aromatic amines is 1. The van der Waals surface area contributed by atoms with Crippen LogP contribution < -0.4 is 10.6 Å². The number of likely N-dealkylation sites (N-methyl/N-ethyl adjacent to an activating group) is 1. The van der Waals surface area contributed by atoms with Crippen molar-refractivity contribution in [3.05, 3.63) is 50.6 Å². The van der Waals surface area contributed by atoms with E-state index in [9.17, 15) is 9.59 Å². The molecule has 4 heterocycles. The number of halogens is 1. The van der Waals surface area contributed by atoms with Crippen LogP contribution in [0.25, 0.3) is 10.9 Å². The lowest BCUT2D eigenvalue weighted by atomic mass is 9.98. The van der Waals surface area contributed by atoms with Crippen molar-refractivity contribution >= 4 is 45.7 Å². The Balaban J connectivity index is 1.30. The number of amides is 2. The number of hydrogen-bond acceptors (Lipinski definition) is 7. The van der Waals surface area contributed by atoms with Crippen LogP contribution >= 0.6 is 22.9 Å². The van der Waals surface area contributed by atoms with Gasteiger partial charge in [-0.3, -0.25) is 14.5 Å². The predicted octanol–water partition coefficient (Wildman–Crippen LogP) is 2.51. The van der Waals surface area contributed by atoms with Crippen LogP contribution in [-0.4, -0.2) is 90.6 Å². The van der Waals surface area contributed by atoms with Crippen LogP contribution in [0.4, 0.5) is 0 Å². The van der Waals surface area contributed by atoms with E-state index in [1.54, 1.807) is 19.2 Å². The van der Waals surface area contributed by atoms with Gasteiger partial charge in [-0.15, -0.1) is 11.3 Å². The molecule has 5 rings (SSSR count). The summed E-state index contributed by atoms with van der Waals surface area (Å²) in [6.45, 7) is 4.58. The SMILES string of the molecule is COCCN1CCC(NC(=O)c2cc3cc(Cl)ccc3[nH]2)C(NC(=O)c2nc3c(s2)CN(C)CC3)C1. The molecule has 2 aromatic heterocycles. The first kappa shape index (κ1) is 25.2. The van der Waals surface area contributed by atoms with E-state index in [2.05, 4.69) is 37.4 Å². The van der Waals surface area contributed by atoms with E-state index in [1.165, 1.54) is 11.3 Å². The van der Waals surface area contributed by atoms with Crippen molar-refractivity contribution in [1.82, 2.24) is 30.4 Å². The zero-order valence-corrected chi connectivity index (χ0v) is 22.0. The van der Waals surface area contributed by atoms with Crippen LogP contribution in [0.5, 0.6) is 0 Å². The lowest BCUT2D eigenvalue weighted by molar-refractivity contribution is 0.0763. The van der Waals surface area contributed by atoms with Gasteiger partial charge < -0.3 is 25.3 Å². The maximum absolute atomic E-state index is 13.2. The van der Waals surface area contributed by atoms with Crippen molar-refractivity contribution < 1.29 is 14.3 Å². The van der Waals surface area contributed by atoms with Gasteiger partial charge in [0.05, 0.1) is 24.4 Å². The van der Waals surface area contributed by atoms with Gasteiger partial charge in [-0.2, -0.15) is 0 Å². The molecule has 2 aliphatic heterocycles. The largest absolute Gasteiger partial charge is 0.383 e. The Morgan fingerprint density at radius 2 is 2.06 bits per heavy atom. The molecule has 3 N–H and O–H groups in total. The smallest absolute Gasteiger partial charge is 0.280 e. The Morgan fingerprint density at radius 3 is 2.89 bits per heavy atom.